The van der Waals surface area contributed by atoms with Crippen molar-refractivity contribution in [1.29, 1.82) is 0 Å². The number of methoxy groups -OCH3 is 2. The van der Waals surface area contributed by atoms with Gasteiger partial charge in [0.2, 0.25) is 5.75 Å². The Hall–Kier alpha value is -2.78. The Morgan fingerprint density at radius 2 is 1.70 bits per heavy atom. The van der Waals surface area contributed by atoms with Crippen molar-refractivity contribution >= 4 is 21.5 Å². The first-order valence-electron chi connectivity index (χ1n) is 9.80. The number of para-hydroxylation sites is 2. The van der Waals surface area contributed by atoms with Gasteiger partial charge >= 0.3 is 0 Å². The molecule has 0 aromatic heterocycles. The van der Waals surface area contributed by atoms with Crippen LogP contribution in [0, 0.1) is 0 Å². The molecule has 2 aliphatic heterocycles. The number of ether oxygens (including phenoxy) is 3. The van der Waals surface area contributed by atoms with Crippen molar-refractivity contribution in [3.05, 3.63) is 42.5 Å². The summed E-state index contributed by atoms with van der Waals surface area (Å²) in [5.41, 5.74) is 0.573. The molecule has 1 fully saturated rings. The van der Waals surface area contributed by atoms with Crippen LogP contribution in [0.25, 0.3) is 0 Å². The van der Waals surface area contributed by atoms with E-state index in [9.17, 15) is 8.42 Å². The van der Waals surface area contributed by atoms with Gasteiger partial charge in [0.1, 0.15) is 16.8 Å². The van der Waals surface area contributed by atoms with E-state index in [1.165, 1.54) is 0 Å². The standard InChI is InChI=1S/C21H25N3O5S/c1-27-17-7-5-8-18(28-2)21(17)29-15-10-12-24(13-11-15)14-20-22-16-6-3-4-9-19(16)30(25,26)23-20/h3-9,15H,10-14H2,1-2H3,(H,22,23). The summed E-state index contributed by atoms with van der Waals surface area (Å²) in [6.45, 7) is 1.98. The smallest absolute Gasteiger partial charge is 0.286 e. The second kappa shape index (κ2) is 8.53. The fourth-order valence-electron chi connectivity index (χ4n) is 3.73. The number of nitrogens with zero attached hydrogens (tertiary/aromatic N) is 2. The molecule has 0 aliphatic carbocycles. The fourth-order valence-corrected chi connectivity index (χ4v) is 4.87. The fraction of sp³-hybridized carbons (Fsp3) is 0.381. The lowest BCUT2D eigenvalue weighted by atomic mass is 10.1. The molecular weight excluding hydrogens is 406 g/mol. The summed E-state index contributed by atoms with van der Waals surface area (Å²) < 4.78 is 45.8. The molecule has 2 aromatic rings. The van der Waals surface area contributed by atoms with Crippen LogP contribution in [-0.2, 0) is 10.0 Å². The van der Waals surface area contributed by atoms with E-state index in [1.807, 2.05) is 18.2 Å². The van der Waals surface area contributed by atoms with E-state index in [2.05, 4.69) is 14.6 Å². The van der Waals surface area contributed by atoms with Gasteiger partial charge in [-0.2, -0.15) is 8.42 Å². The number of hydrogen-bond acceptors (Lipinski definition) is 7. The van der Waals surface area contributed by atoms with Gasteiger partial charge in [-0.3, -0.25) is 4.90 Å². The molecule has 2 heterocycles. The van der Waals surface area contributed by atoms with Gasteiger partial charge in [-0.25, -0.2) is 0 Å². The number of amidine groups is 1. The number of benzene rings is 2. The van der Waals surface area contributed by atoms with Gasteiger partial charge in [-0.1, -0.05) is 18.2 Å². The maximum Gasteiger partial charge on any atom is 0.286 e. The summed E-state index contributed by atoms with van der Waals surface area (Å²) in [6.07, 6.45) is 1.63. The van der Waals surface area contributed by atoms with Crippen LogP contribution in [0.3, 0.4) is 0 Å². The molecule has 160 valence electrons. The number of piperidine rings is 1. The van der Waals surface area contributed by atoms with Gasteiger partial charge in [-0.15, -0.1) is 4.40 Å². The highest BCUT2D eigenvalue weighted by atomic mass is 32.2. The molecule has 2 aromatic carbocycles. The third-order valence-electron chi connectivity index (χ3n) is 5.25. The number of rotatable bonds is 6. The molecule has 0 radical (unpaired) electrons. The molecule has 8 nitrogen and oxygen atoms in total. The topological polar surface area (TPSA) is 89.5 Å². The van der Waals surface area contributed by atoms with Crippen LogP contribution >= 0.6 is 0 Å². The van der Waals surface area contributed by atoms with Crippen LogP contribution in [0.1, 0.15) is 12.8 Å². The van der Waals surface area contributed by atoms with E-state index >= 15 is 0 Å². The SMILES string of the molecule is COc1cccc(OC)c1OC1CCN(CC2=NS(=O)(=O)c3ccccc3N2)CC1. The van der Waals surface area contributed by atoms with Gasteiger partial charge in [0.15, 0.2) is 11.5 Å². The van der Waals surface area contributed by atoms with Crippen molar-refractivity contribution in [2.75, 3.05) is 39.2 Å². The molecule has 0 bridgehead atoms. The minimum atomic E-state index is -3.66. The van der Waals surface area contributed by atoms with Crippen molar-refractivity contribution in [3.63, 3.8) is 0 Å². The van der Waals surface area contributed by atoms with Crippen LogP contribution in [0.15, 0.2) is 51.8 Å². The minimum Gasteiger partial charge on any atom is -0.493 e. The van der Waals surface area contributed by atoms with Gasteiger partial charge < -0.3 is 19.5 Å². The molecule has 2 aliphatic rings. The molecule has 0 amide bonds. The average molecular weight is 432 g/mol. The number of sulfonamides is 1. The van der Waals surface area contributed by atoms with E-state index in [0.29, 0.717) is 35.3 Å². The maximum absolute atomic E-state index is 12.4. The number of anilines is 1. The van der Waals surface area contributed by atoms with Gasteiger partial charge in [0.25, 0.3) is 10.0 Å². The first kappa shape index (κ1) is 20.5. The predicted octanol–water partition coefficient (Wildman–Crippen LogP) is 2.76. The molecule has 0 atom stereocenters. The third kappa shape index (κ3) is 4.22. The van der Waals surface area contributed by atoms with Gasteiger partial charge in [0.05, 0.1) is 26.5 Å². The van der Waals surface area contributed by atoms with Crippen molar-refractivity contribution in [3.8, 4) is 17.2 Å². The normalized spacial score (nSPS) is 18.7. The Labute approximate surface area is 176 Å². The largest absolute Gasteiger partial charge is 0.493 e. The predicted molar refractivity (Wildman–Crippen MR) is 114 cm³/mol. The summed E-state index contributed by atoms with van der Waals surface area (Å²) in [4.78, 5) is 2.39. The van der Waals surface area contributed by atoms with E-state index in [4.69, 9.17) is 14.2 Å². The summed E-state index contributed by atoms with van der Waals surface area (Å²) in [6, 6.07) is 12.4. The van der Waals surface area contributed by atoms with Crippen LogP contribution in [0.4, 0.5) is 5.69 Å². The van der Waals surface area contributed by atoms with E-state index in [-0.39, 0.29) is 11.0 Å². The summed E-state index contributed by atoms with van der Waals surface area (Å²) >= 11 is 0. The number of nitrogens with one attached hydrogen (secondary N) is 1. The van der Waals surface area contributed by atoms with Crippen molar-refractivity contribution in [2.45, 2.75) is 23.8 Å². The second-order valence-corrected chi connectivity index (χ2v) is 8.79. The molecule has 1 N–H and O–H groups in total. The van der Waals surface area contributed by atoms with Gasteiger partial charge in [0, 0.05) is 13.1 Å². The number of fused-ring (bicyclic) bond motifs is 1. The lowest BCUT2D eigenvalue weighted by molar-refractivity contribution is 0.103. The average Bonchev–Trinajstić information content (AvgIpc) is 2.75. The first-order valence-corrected chi connectivity index (χ1v) is 11.2. The van der Waals surface area contributed by atoms with E-state index in [0.717, 1.165) is 25.9 Å². The zero-order valence-corrected chi connectivity index (χ0v) is 17.8. The molecule has 4 rings (SSSR count). The zero-order valence-electron chi connectivity index (χ0n) is 17.0. The molecule has 1 saturated heterocycles. The molecule has 30 heavy (non-hydrogen) atoms. The lowest BCUT2D eigenvalue weighted by Crippen LogP contribution is -2.43. The summed E-state index contributed by atoms with van der Waals surface area (Å²) in [5.74, 6) is 2.34. The molecule has 0 unspecified atom stereocenters. The van der Waals surface area contributed by atoms with Crippen molar-refractivity contribution in [2.24, 2.45) is 4.40 Å². The Kier molecular flexibility index (Phi) is 5.83. The van der Waals surface area contributed by atoms with Crippen LogP contribution < -0.4 is 19.5 Å². The minimum absolute atomic E-state index is 0.0252. The molecular formula is C21H25N3O5S. The Balaban J connectivity index is 1.38. The zero-order chi connectivity index (χ0) is 21.1. The second-order valence-electron chi connectivity index (χ2n) is 7.22. The Morgan fingerprint density at radius 1 is 1.03 bits per heavy atom. The first-order chi connectivity index (χ1) is 14.5. The summed E-state index contributed by atoms with van der Waals surface area (Å²) in [5, 5.41) is 3.15. The number of likely N-dealkylation sites (tertiary alicyclic amines) is 1. The van der Waals surface area contributed by atoms with Crippen molar-refractivity contribution < 1.29 is 22.6 Å². The Bertz CT molecular complexity index is 1020. The highest BCUT2D eigenvalue weighted by molar-refractivity contribution is 7.90. The third-order valence-corrected chi connectivity index (χ3v) is 6.62. The highest BCUT2D eigenvalue weighted by Gasteiger charge is 2.28. The van der Waals surface area contributed by atoms with Crippen LogP contribution in [0.2, 0.25) is 0 Å². The van der Waals surface area contributed by atoms with Crippen LogP contribution in [-0.4, -0.2) is 59.1 Å². The maximum atomic E-state index is 12.4. The monoisotopic (exact) mass is 431 g/mol. The Morgan fingerprint density at radius 3 is 2.37 bits per heavy atom. The molecule has 9 heteroatoms. The van der Waals surface area contributed by atoms with E-state index in [1.54, 1.807) is 38.5 Å². The highest BCUT2D eigenvalue weighted by Crippen LogP contribution is 2.38. The van der Waals surface area contributed by atoms with Crippen LogP contribution in [0.5, 0.6) is 17.2 Å². The molecule has 0 saturated carbocycles. The van der Waals surface area contributed by atoms with Crippen molar-refractivity contribution in [1.82, 2.24) is 4.90 Å². The van der Waals surface area contributed by atoms with Gasteiger partial charge in [-0.05, 0) is 37.1 Å². The van der Waals surface area contributed by atoms with E-state index < -0.39 is 10.0 Å². The lowest BCUT2D eigenvalue weighted by Gasteiger charge is -2.33. The number of hydrogen-bond donors (Lipinski definition) is 1. The quantitative estimate of drug-likeness (QED) is 0.752. The summed E-state index contributed by atoms with van der Waals surface area (Å²) in [7, 11) is -0.452. The molecule has 0 spiro atoms.